The van der Waals surface area contributed by atoms with Gasteiger partial charge in [-0.15, -0.1) is 0 Å². The second-order valence-corrected chi connectivity index (χ2v) is 5.51. The number of aliphatic hydroxyl groups excluding tert-OH is 2. The fourth-order valence-corrected chi connectivity index (χ4v) is 0.482. The Morgan fingerprint density at radius 3 is 0.697 bits per heavy atom. The number of hydrogen-bond donors (Lipinski definition) is 2. The monoisotopic (exact) mass is 654 g/mol. The maximum Gasteiger partial charge on any atom is 2.00 e. The molecular weight excluding hydrogens is 646 g/mol. The average molecular weight is 654 g/mol. The third-order valence-corrected chi connectivity index (χ3v) is 1.26. The summed E-state index contributed by atoms with van der Waals surface area (Å²) in [6.07, 6.45) is -5.78. The molecule has 0 aromatic rings. The summed E-state index contributed by atoms with van der Waals surface area (Å²) in [5.74, 6) is -6.85. The number of phosphoric acid groups is 2. The molecule has 18 nitrogen and oxygen atoms in total. The number of hydrogen-bond acceptors (Lipinski definition) is 18. The van der Waals surface area contributed by atoms with Gasteiger partial charge in [-0.05, 0) is 0 Å². The molecule has 0 heterocycles. The van der Waals surface area contributed by atoms with Gasteiger partial charge in [-0.3, -0.25) is 0 Å². The van der Waals surface area contributed by atoms with Crippen LogP contribution in [-0.2, 0) is 28.3 Å². The zero-order valence-corrected chi connectivity index (χ0v) is 29.3. The van der Waals surface area contributed by atoms with Gasteiger partial charge in [0.2, 0.25) is 0 Å². The van der Waals surface area contributed by atoms with E-state index in [0.717, 1.165) is 0 Å². The molecule has 168 valence electrons. The largest absolute Gasteiger partial charge is 2.00 e. The number of carboxylic acids is 4. The van der Waals surface area contributed by atoms with Crippen LogP contribution in [0.3, 0.4) is 0 Å². The van der Waals surface area contributed by atoms with E-state index in [4.69, 9.17) is 48.7 Å². The number of carbonyl (C=O) groups excluding carboxylic acids is 4. The summed E-state index contributed by atoms with van der Waals surface area (Å²) in [6, 6.07) is 0. The van der Waals surface area contributed by atoms with E-state index in [0.29, 0.717) is 0 Å². The van der Waals surface area contributed by atoms with Crippen LogP contribution in [0.15, 0.2) is 0 Å². The standard InChI is InChI=1S/2C4H6O5.5Ca.2H3O4P/c2*5-2(4(8)9)1-3(6)7;;;;;;2*1-5(2,3)4/h2*2,5H,1H2,(H,6,7)(H,8,9);;;;;;2*(H3,1,2,3,4)/q;;5*+2;;/p-10. The Labute approximate surface area is 334 Å². The van der Waals surface area contributed by atoms with E-state index < -0.39 is 64.6 Å². The summed E-state index contributed by atoms with van der Waals surface area (Å²) in [4.78, 5) is 89.6. The minimum atomic E-state index is -5.39. The zero-order chi connectivity index (χ0) is 23.9. The Morgan fingerprint density at radius 2 is 0.667 bits per heavy atom. The molecule has 2 N–H and O–H groups in total. The van der Waals surface area contributed by atoms with Gasteiger partial charge in [0.15, 0.2) is 0 Å². The number of carbonyl (C=O) groups is 4. The maximum atomic E-state index is 9.58. The minimum absolute atomic E-state index is 0. The fourth-order valence-electron chi connectivity index (χ4n) is 0.482. The third-order valence-electron chi connectivity index (χ3n) is 1.26. The Hall–Kier alpha value is 4.32. The first-order valence-corrected chi connectivity index (χ1v) is 8.63. The molecule has 0 aromatic carbocycles. The van der Waals surface area contributed by atoms with Crippen molar-refractivity contribution in [1.29, 1.82) is 0 Å². The van der Waals surface area contributed by atoms with Crippen molar-refractivity contribution in [3.8, 4) is 0 Å². The van der Waals surface area contributed by atoms with Crippen molar-refractivity contribution in [2.24, 2.45) is 0 Å². The Morgan fingerprint density at radius 1 is 0.545 bits per heavy atom. The summed E-state index contributed by atoms with van der Waals surface area (Å²) in [5.41, 5.74) is 0. The SMILES string of the molecule is O=C([O-])CC(O)C(=O)[O-].O=C([O-])CC(O)C(=O)[O-].O=P([O-])([O-])[O-].O=P([O-])([O-])[O-].[Ca+2].[Ca+2].[Ca+2].[Ca+2].[Ca+2]. The van der Waals surface area contributed by atoms with Gasteiger partial charge in [0.05, 0.1) is 24.1 Å². The van der Waals surface area contributed by atoms with E-state index >= 15 is 0 Å². The molecule has 0 aliphatic rings. The predicted octanol–water partition coefficient (Wildman–Crippen LogP) is -15.1. The molecule has 0 bridgehead atoms. The third kappa shape index (κ3) is 104. The molecular formula is C8H8Ca5O18P2. The average Bonchev–Trinajstić information content (AvgIpc) is 2.33. The first-order valence-electron chi connectivity index (χ1n) is 5.71. The first kappa shape index (κ1) is 61.4. The van der Waals surface area contributed by atoms with Crippen LogP contribution in [-0.4, -0.2) is 235 Å². The molecule has 0 saturated heterocycles. The predicted molar refractivity (Wildman–Crippen MR) is 85.3 cm³/mol. The summed E-state index contributed by atoms with van der Waals surface area (Å²) in [7, 11) is -10.8. The molecule has 2 unspecified atom stereocenters. The molecule has 0 aliphatic heterocycles. The van der Waals surface area contributed by atoms with Gasteiger partial charge in [-0.1, -0.05) is 0 Å². The first-order chi connectivity index (χ1) is 12.1. The minimum Gasteiger partial charge on any atom is -0.822 e. The molecule has 0 amide bonds. The summed E-state index contributed by atoms with van der Waals surface area (Å²) >= 11 is 0. The Balaban J connectivity index is -0.0000000327. The fraction of sp³-hybridized carbons (Fsp3) is 0.500. The van der Waals surface area contributed by atoms with Crippen molar-refractivity contribution in [2.75, 3.05) is 0 Å². The summed E-state index contributed by atoms with van der Waals surface area (Å²) in [5, 5.41) is 54.7. The Kier molecular flexibility index (Phi) is 63.9. The van der Waals surface area contributed by atoms with Gasteiger partial charge >= 0.3 is 189 Å². The second-order valence-electron chi connectivity index (χ2n) is 3.72. The van der Waals surface area contributed by atoms with Crippen LogP contribution < -0.4 is 49.8 Å². The molecule has 25 heteroatoms. The van der Waals surface area contributed by atoms with Gasteiger partial charge in [0.25, 0.3) is 0 Å². The second kappa shape index (κ2) is 34.3. The van der Waals surface area contributed by atoms with Crippen LogP contribution in [0.5, 0.6) is 0 Å². The summed E-state index contributed by atoms with van der Waals surface area (Å²) in [6.45, 7) is 0. The van der Waals surface area contributed by atoms with E-state index in [1.165, 1.54) is 0 Å². The van der Waals surface area contributed by atoms with Crippen molar-refractivity contribution >= 4 is 228 Å². The van der Waals surface area contributed by atoms with Gasteiger partial charge in [-0.2, -0.15) is 15.6 Å². The van der Waals surface area contributed by atoms with Crippen molar-refractivity contribution < 1.29 is 88.3 Å². The van der Waals surface area contributed by atoms with Gasteiger partial charge in [0.1, 0.15) is 0 Å². The van der Waals surface area contributed by atoms with Crippen LogP contribution in [0, 0.1) is 0 Å². The molecule has 0 fully saturated rings. The van der Waals surface area contributed by atoms with Crippen LogP contribution >= 0.6 is 15.6 Å². The van der Waals surface area contributed by atoms with Crippen LogP contribution in [0.2, 0.25) is 0 Å². The topological polar surface area (TPSA) is 373 Å². The van der Waals surface area contributed by atoms with Gasteiger partial charge in [0, 0.05) is 24.8 Å². The van der Waals surface area contributed by atoms with Crippen LogP contribution in [0.25, 0.3) is 0 Å². The van der Waals surface area contributed by atoms with E-state index in [1.54, 1.807) is 0 Å². The normalized spacial score (nSPS) is 10.4. The molecule has 0 radical (unpaired) electrons. The molecule has 0 rings (SSSR count). The van der Waals surface area contributed by atoms with Gasteiger partial charge in [-0.25, -0.2) is 0 Å². The van der Waals surface area contributed by atoms with Crippen molar-refractivity contribution in [3.05, 3.63) is 0 Å². The number of carboxylic acid groups (broad SMARTS) is 4. The molecule has 0 aliphatic carbocycles. The molecule has 0 aromatic heterocycles. The van der Waals surface area contributed by atoms with E-state index in [-0.39, 0.29) is 189 Å². The van der Waals surface area contributed by atoms with Crippen molar-refractivity contribution in [3.63, 3.8) is 0 Å². The maximum absolute atomic E-state index is 9.58. The van der Waals surface area contributed by atoms with Crippen LogP contribution in [0.4, 0.5) is 0 Å². The quantitative estimate of drug-likeness (QED) is 0.198. The van der Waals surface area contributed by atoms with Crippen LogP contribution in [0.1, 0.15) is 12.8 Å². The van der Waals surface area contributed by atoms with E-state index in [9.17, 15) is 39.6 Å². The van der Waals surface area contributed by atoms with E-state index in [2.05, 4.69) is 0 Å². The van der Waals surface area contributed by atoms with Gasteiger partial charge < -0.3 is 88.3 Å². The molecule has 33 heavy (non-hydrogen) atoms. The summed E-state index contributed by atoms with van der Waals surface area (Å²) < 4.78 is 17.1. The number of aliphatic hydroxyl groups is 2. The van der Waals surface area contributed by atoms with Crippen molar-refractivity contribution in [1.82, 2.24) is 0 Å². The number of aliphatic carboxylic acids is 4. The molecule has 2 atom stereocenters. The number of rotatable bonds is 6. The zero-order valence-electron chi connectivity index (χ0n) is 16.4. The Bertz CT molecular complexity index is 538. The smallest absolute Gasteiger partial charge is 0.822 e. The van der Waals surface area contributed by atoms with E-state index in [1.807, 2.05) is 0 Å². The van der Waals surface area contributed by atoms with Crippen molar-refractivity contribution in [2.45, 2.75) is 25.0 Å². The molecule has 0 saturated carbocycles. The molecule has 0 spiro atoms.